The SMILES string of the molecule is C[C@H](N)c1nc(-c2ccnc(OCC(F)F)c2)no1. The van der Waals surface area contributed by atoms with Crippen molar-refractivity contribution in [1.82, 2.24) is 15.1 Å². The number of nitrogens with two attached hydrogens (primary N) is 1. The highest BCUT2D eigenvalue weighted by atomic mass is 19.3. The van der Waals surface area contributed by atoms with Gasteiger partial charge in [0.2, 0.25) is 17.6 Å². The lowest BCUT2D eigenvalue weighted by atomic mass is 10.2. The summed E-state index contributed by atoms with van der Waals surface area (Å²) in [5, 5.41) is 3.75. The van der Waals surface area contributed by atoms with Crippen molar-refractivity contribution < 1.29 is 18.0 Å². The van der Waals surface area contributed by atoms with Gasteiger partial charge in [-0.05, 0) is 13.0 Å². The fourth-order valence-corrected chi connectivity index (χ4v) is 1.31. The van der Waals surface area contributed by atoms with Crippen molar-refractivity contribution in [3.05, 3.63) is 24.2 Å². The van der Waals surface area contributed by atoms with E-state index in [1.54, 1.807) is 13.0 Å². The zero-order valence-electron chi connectivity index (χ0n) is 10.1. The molecule has 19 heavy (non-hydrogen) atoms. The van der Waals surface area contributed by atoms with Crippen molar-refractivity contribution in [2.24, 2.45) is 5.73 Å². The van der Waals surface area contributed by atoms with E-state index in [4.69, 9.17) is 15.0 Å². The molecule has 0 fully saturated rings. The van der Waals surface area contributed by atoms with Crippen LogP contribution in [0, 0.1) is 0 Å². The van der Waals surface area contributed by atoms with Crippen LogP contribution in [0.1, 0.15) is 18.9 Å². The molecule has 2 aromatic heterocycles. The Morgan fingerprint density at radius 3 is 2.89 bits per heavy atom. The van der Waals surface area contributed by atoms with Crippen molar-refractivity contribution >= 4 is 0 Å². The number of hydrogen-bond donors (Lipinski definition) is 1. The molecule has 2 rings (SSSR count). The molecule has 0 saturated heterocycles. The van der Waals surface area contributed by atoms with E-state index in [1.807, 2.05) is 0 Å². The number of rotatable bonds is 5. The normalized spacial score (nSPS) is 12.7. The number of pyridine rings is 1. The molecule has 0 radical (unpaired) electrons. The fraction of sp³-hybridized carbons (Fsp3) is 0.364. The average Bonchev–Trinajstić information content (AvgIpc) is 2.86. The Bertz CT molecular complexity index is 545. The number of ether oxygens (including phenoxy) is 1. The van der Waals surface area contributed by atoms with Gasteiger partial charge in [-0.25, -0.2) is 13.8 Å². The molecular formula is C11H12F2N4O2. The van der Waals surface area contributed by atoms with Crippen LogP contribution in [0.4, 0.5) is 8.78 Å². The molecule has 0 aromatic carbocycles. The molecular weight excluding hydrogens is 258 g/mol. The second-order valence-electron chi connectivity index (χ2n) is 3.83. The predicted octanol–water partition coefficient (Wildman–Crippen LogP) is 1.80. The smallest absolute Gasteiger partial charge is 0.272 e. The third kappa shape index (κ3) is 3.44. The van der Waals surface area contributed by atoms with Crippen LogP contribution in [-0.2, 0) is 0 Å². The van der Waals surface area contributed by atoms with E-state index in [9.17, 15) is 8.78 Å². The summed E-state index contributed by atoms with van der Waals surface area (Å²) in [5.41, 5.74) is 6.15. The molecule has 6 nitrogen and oxygen atoms in total. The van der Waals surface area contributed by atoms with Crippen LogP contribution in [0.2, 0.25) is 0 Å². The lowest BCUT2D eigenvalue weighted by molar-refractivity contribution is 0.0796. The summed E-state index contributed by atoms with van der Waals surface area (Å²) in [4.78, 5) is 7.89. The predicted molar refractivity (Wildman–Crippen MR) is 61.6 cm³/mol. The first-order chi connectivity index (χ1) is 9.06. The van der Waals surface area contributed by atoms with Crippen LogP contribution in [0.3, 0.4) is 0 Å². The van der Waals surface area contributed by atoms with Gasteiger partial charge < -0.3 is 15.0 Å². The highest BCUT2D eigenvalue weighted by molar-refractivity contribution is 5.55. The maximum absolute atomic E-state index is 12.0. The molecule has 8 heteroatoms. The standard InChI is InChI=1S/C11H12F2N4O2/c1-6(14)11-16-10(17-19-11)7-2-3-15-9(4-7)18-5-8(12)13/h2-4,6,8H,5,14H2,1H3/t6-/m0/s1. The Morgan fingerprint density at radius 2 is 2.26 bits per heavy atom. The van der Waals surface area contributed by atoms with Crippen LogP contribution in [0.5, 0.6) is 5.88 Å². The highest BCUT2D eigenvalue weighted by Gasteiger charge is 2.13. The van der Waals surface area contributed by atoms with E-state index in [0.717, 1.165) is 0 Å². The van der Waals surface area contributed by atoms with Crippen LogP contribution < -0.4 is 10.5 Å². The largest absolute Gasteiger partial charge is 0.472 e. The summed E-state index contributed by atoms with van der Waals surface area (Å²) in [6.45, 7) is 0.995. The summed E-state index contributed by atoms with van der Waals surface area (Å²) >= 11 is 0. The van der Waals surface area contributed by atoms with Crippen molar-refractivity contribution in [2.45, 2.75) is 19.4 Å². The minimum atomic E-state index is -2.56. The van der Waals surface area contributed by atoms with Gasteiger partial charge in [-0.3, -0.25) is 0 Å². The zero-order valence-corrected chi connectivity index (χ0v) is 10.1. The molecule has 0 spiro atoms. The summed E-state index contributed by atoms with van der Waals surface area (Å²) < 4.78 is 33.8. The number of alkyl halides is 2. The topological polar surface area (TPSA) is 87.1 Å². The van der Waals surface area contributed by atoms with Gasteiger partial charge in [0.15, 0.2) is 6.61 Å². The first-order valence-electron chi connectivity index (χ1n) is 5.53. The summed E-state index contributed by atoms with van der Waals surface area (Å²) in [6.07, 6.45) is -1.14. The summed E-state index contributed by atoms with van der Waals surface area (Å²) in [5.74, 6) is 0.670. The third-order valence-corrected chi connectivity index (χ3v) is 2.18. The van der Waals surface area contributed by atoms with Gasteiger partial charge in [-0.2, -0.15) is 4.98 Å². The Morgan fingerprint density at radius 1 is 1.47 bits per heavy atom. The molecule has 0 saturated carbocycles. The van der Waals surface area contributed by atoms with E-state index in [0.29, 0.717) is 17.3 Å². The second-order valence-corrected chi connectivity index (χ2v) is 3.83. The Hall–Kier alpha value is -2.09. The zero-order chi connectivity index (χ0) is 13.8. The van der Waals surface area contributed by atoms with Crippen molar-refractivity contribution in [1.29, 1.82) is 0 Å². The maximum Gasteiger partial charge on any atom is 0.272 e. The van der Waals surface area contributed by atoms with Gasteiger partial charge in [-0.15, -0.1) is 0 Å². The third-order valence-electron chi connectivity index (χ3n) is 2.18. The Labute approximate surface area is 107 Å². The Kier molecular flexibility index (Phi) is 4.00. The van der Waals surface area contributed by atoms with Crippen LogP contribution >= 0.6 is 0 Å². The molecule has 0 amide bonds. The summed E-state index contributed by atoms with van der Waals surface area (Å²) in [7, 11) is 0. The number of halogens is 2. The molecule has 0 aliphatic carbocycles. The van der Waals surface area contributed by atoms with Crippen molar-refractivity contribution in [2.75, 3.05) is 6.61 Å². The molecule has 2 heterocycles. The van der Waals surface area contributed by atoms with Gasteiger partial charge in [0.05, 0.1) is 6.04 Å². The molecule has 0 bridgehead atoms. The quantitative estimate of drug-likeness (QED) is 0.891. The van der Waals surface area contributed by atoms with E-state index < -0.39 is 13.0 Å². The van der Waals surface area contributed by atoms with Gasteiger partial charge in [0, 0.05) is 17.8 Å². The lowest BCUT2D eigenvalue weighted by Crippen LogP contribution is -2.07. The molecule has 2 N–H and O–H groups in total. The van der Waals surface area contributed by atoms with Gasteiger partial charge in [0.25, 0.3) is 6.43 Å². The van der Waals surface area contributed by atoms with E-state index >= 15 is 0 Å². The van der Waals surface area contributed by atoms with Gasteiger partial charge >= 0.3 is 0 Å². The fourth-order valence-electron chi connectivity index (χ4n) is 1.31. The van der Waals surface area contributed by atoms with Crippen LogP contribution in [0.25, 0.3) is 11.4 Å². The van der Waals surface area contributed by atoms with Crippen molar-refractivity contribution in [3.8, 4) is 17.3 Å². The maximum atomic E-state index is 12.0. The minimum absolute atomic E-state index is 0.0740. The van der Waals surface area contributed by atoms with Gasteiger partial charge in [0.1, 0.15) is 0 Å². The van der Waals surface area contributed by atoms with E-state index in [1.165, 1.54) is 12.3 Å². The van der Waals surface area contributed by atoms with Crippen molar-refractivity contribution in [3.63, 3.8) is 0 Å². The first kappa shape index (κ1) is 13.3. The second kappa shape index (κ2) is 5.70. The van der Waals surface area contributed by atoms with Crippen LogP contribution in [-0.4, -0.2) is 28.2 Å². The first-order valence-corrected chi connectivity index (χ1v) is 5.53. The minimum Gasteiger partial charge on any atom is -0.472 e. The molecule has 1 atom stereocenters. The van der Waals surface area contributed by atoms with Gasteiger partial charge in [-0.1, -0.05) is 5.16 Å². The molecule has 102 valence electrons. The molecule has 0 unspecified atom stereocenters. The van der Waals surface area contributed by atoms with E-state index in [-0.39, 0.29) is 11.9 Å². The van der Waals surface area contributed by atoms with Crippen LogP contribution in [0.15, 0.2) is 22.9 Å². The monoisotopic (exact) mass is 270 g/mol. The lowest BCUT2D eigenvalue weighted by Gasteiger charge is -2.04. The molecule has 0 aliphatic rings. The average molecular weight is 270 g/mol. The summed E-state index contributed by atoms with van der Waals surface area (Å²) in [6, 6.07) is 2.70. The number of hydrogen-bond acceptors (Lipinski definition) is 6. The Balaban J connectivity index is 2.17. The van der Waals surface area contributed by atoms with E-state index in [2.05, 4.69) is 15.1 Å². The number of aromatic nitrogens is 3. The number of nitrogens with zero attached hydrogens (tertiary/aromatic N) is 3. The molecule has 2 aromatic rings. The molecule has 0 aliphatic heterocycles. The highest BCUT2D eigenvalue weighted by Crippen LogP contribution is 2.20.